The smallest absolute Gasteiger partial charge is 0.268 e. The van der Waals surface area contributed by atoms with Crippen LogP contribution in [0.5, 0.6) is 0 Å². The monoisotopic (exact) mass is 431 g/mol. The van der Waals surface area contributed by atoms with Crippen molar-refractivity contribution in [3.8, 4) is 10.4 Å². The Balaban J connectivity index is 1.77. The molecule has 0 N–H and O–H groups in total. The third-order valence-electron chi connectivity index (χ3n) is 4.93. The maximum atomic E-state index is 13.1. The molecule has 1 aliphatic rings. The first-order valence-electron chi connectivity index (χ1n) is 8.83. The van der Waals surface area contributed by atoms with Crippen LogP contribution in [0.15, 0.2) is 53.4 Å². The molecule has 1 amide bonds. The van der Waals surface area contributed by atoms with Crippen LogP contribution in [-0.2, 0) is 22.0 Å². The van der Waals surface area contributed by atoms with Gasteiger partial charge < -0.3 is 4.90 Å². The van der Waals surface area contributed by atoms with E-state index in [0.717, 1.165) is 22.5 Å². The van der Waals surface area contributed by atoms with Crippen LogP contribution in [-0.4, -0.2) is 21.4 Å². The lowest BCUT2D eigenvalue weighted by Crippen LogP contribution is -2.26. The molecule has 2 aromatic carbocycles. The lowest BCUT2D eigenvalue weighted by atomic mass is 10.1. The maximum absolute atomic E-state index is 13.1. The second-order valence-electron chi connectivity index (χ2n) is 6.71. The summed E-state index contributed by atoms with van der Waals surface area (Å²) < 4.78 is 25.3. The van der Waals surface area contributed by atoms with Crippen LogP contribution in [0.2, 0.25) is 5.02 Å². The number of hydrogen-bond donors (Lipinski definition) is 0. The topological polar surface area (TPSA) is 54.5 Å². The Kier molecular flexibility index (Phi) is 4.81. The number of benzene rings is 2. The molecule has 0 radical (unpaired) electrons. The van der Waals surface area contributed by atoms with E-state index >= 15 is 0 Å². The molecule has 1 aromatic heterocycles. The van der Waals surface area contributed by atoms with Gasteiger partial charge in [0.1, 0.15) is 0 Å². The molecular weight excluding hydrogens is 414 g/mol. The number of aryl methyl sites for hydroxylation is 1. The highest BCUT2D eigenvalue weighted by Crippen LogP contribution is 2.44. The molecule has 0 unspecified atom stereocenters. The zero-order valence-corrected chi connectivity index (χ0v) is 17.8. The van der Waals surface area contributed by atoms with Gasteiger partial charge in [-0.25, -0.2) is 8.42 Å². The largest absolute Gasteiger partial charge is 0.310 e. The highest BCUT2D eigenvalue weighted by atomic mass is 35.5. The molecule has 0 aliphatic carbocycles. The number of carbonyl (C=O) groups is 1. The molecule has 2 heterocycles. The van der Waals surface area contributed by atoms with Crippen LogP contribution in [0.3, 0.4) is 0 Å². The average molecular weight is 432 g/mol. The number of halogens is 1. The van der Waals surface area contributed by atoms with Crippen molar-refractivity contribution in [3.63, 3.8) is 0 Å². The Bertz CT molecular complexity index is 1200. The fourth-order valence-electron chi connectivity index (χ4n) is 3.50. The van der Waals surface area contributed by atoms with E-state index in [9.17, 15) is 13.2 Å². The van der Waals surface area contributed by atoms with Crippen LogP contribution in [0, 0.1) is 0 Å². The minimum absolute atomic E-state index is 0.116. The highest BCUT2D eigenvalue weighted by molar-refractivity contribution is 7.91. The third kappa shape index (κ3) is 3.15. The first-order valence-corrected chi connectivity index (χ1v) is 11.7. The second kappa shape index (κ2) is 7.03. The molecule has 0 fully saturated rings. The molecule has 7 heteroatoms. The Morgan fingerprint density at radius 1 is 1.18 bits per heavy atom. The van der Waals surface area contributed by atoms with E-state index < -0.39 is 9.84 Å². The molecule has 4 rings (SSSR count). The molecule has 1 aliphatic heterocycles. The van der Waals surface area contributed by atoms with Crippen LogP contribution < -0.4 is 4.90 Å². The number of amides is 1. The third-order valence-corrected chi connectivity index (χ3v) is 8.06. The van der Waals surface area contributed by atoms with Gasteiger partial charge in [0.25, 0.3) is 5.91 Å². The molecule has 0 spiro atoms. The van der Waals surface area contributed by atoms with Gasteiger partial charge in [0.15, 0.2) is 9.84 Å². The van der Waals surface area contributed by atoms with E-state index in [1.807, 2.05) is 31.2 Å². The van der Waals surface area contributed by atoms with Crippen LogP contribution in [0.25, 0.3) is 10.4 Å². The van der Waals surface area contributed by atoms with Crippen molar-refractivity contribution >= 4 is 44.4 Å². The van der Waals surface area contributed by atoms with Crippen molar-refractivity contribution in [3.05, 3.63) is 69.6 Å². The Morgan fingerprint density at radius 2 is 1.93 bits per heavy atom. The van der Waals surface area contributed by atoms with Crippen molar-refractivity contribution in [2.75, 3.05) is 11.9 Å². The first-order chi connectivity index (χ1) is 13.3. The minimum Gasteiger partial charge on any atom is -0.310 e. The fourth-order valence-corrected chi connectivity index (χ4v) is 6.70. The normalized spacial score (nSPS) is 14.2. The predicted molar refractivity (Wildman–Crippen MR) is 114 cm³/mol. The van der Waals surface area contributed by atoms with Gasteiger partial charge in [0.2, 0.25) is 0 Å². The number of nitrogens with zero attached hydrogens (tertiary/aromatic N) is 1. The predicted octanol–water partition coefficient (Wildman–Crippen LogP) is 5.19. The zero-order chi connectivity index (χ0) is 20.1. The molecular formula is C21H18ClNO3S2. The summed E-state index contributed by atoms with van der Waals surface area (Å²) in [6, 6.07) is 14.4. The SMILES string of the molecule is CCc1ccccc1N(C)C(=O)c1cc2c(s1)-c1ccc(Cl)cc1S(=O)(=O)C2. The Hall–Kier alpha value is -2.15. The quantitative estimate of drug-likeness (QED) is 0.573. The van der Waals surface area contributed by atoms with Crippen molar-refractivity contribution in [1.29, 1.82) is 0 Å². The summed E-state index contributed by atoms with van der Waals surface area (Å²) in [5.74, 6) is -0.262. The molecule has 28 heavy (non-hydrogen) atoms. The van der Waals surface area contributed by atoms with Gasteiger partial charge in [0, 0.05) is 28.2 Å². The van der Waals surface area contributed by atoms with Crippen LogP contribution in [0.1, 0.15) is 27.7 Å². The lowest BCUT2D eigenvalue weighted by Gasteiger charge is -2.19. The van der Waals surface area contributed by atoms with Crippen LogP contribution >= 0.6 is 22.9 Å². The van der Waals surface area contributed by atoms with Gasteiger partial charge >= 0.3 is 0 Å². The van der Waals surface area contributed by atoms with Crippen molar-refractivity contribution in [2.45, 2.75) is 24.0 Å². The molecule has 0 saturated carbocycles. The number of sulfone groups is 1. The molecule has 0 bridgehead atoms. The summed E-state index contributed by atoms with van der Waals surface area (Å²) in [7, 11) is -1.73. The fraction of sp³-hybridized carbons (Fsp3) is 0.190. The van der Waals surface area contributed by atoms with Gasteiger partial charge in [0.05, 0.1) is 15.5 Å². The van der Waals surface area contributed by atoms with E-state index in [2.05, 4.69) is 0 Å². The van der Waals surface area contributed by atoms with Crippen molar-refractivity contribution in [1.82, 2.24) is 0 Å². The summed E-state index contributed by atoms with van der Waals surface area (Å²) in [5, 5.41) is 0.384. The van der Waals surface area contributed by atoms with Gasteiger partial charge in [-0.15, -0.1) is 11.3 Å². The molecule has 144 valence electrons. The van der Waals surface area contributed by atoms with Gasteiger partial charge in [-0.05, 0) is 41.8 Å². The minimum atomic E-state index is -3.48. The summed E-state index contributed by atoms with van der Waals surface area (Å²) in [4.78, 5) is 16.3. The Morgan fingerprint density at radius 3 is 2.68 bits per heavy atom. The Labute approximate surface area is 173 Å². The number of fused-ring (bicyclic) bond motifs is 3. The molecule has 0 saturated heterocycles. The second-order valence-corrected chi connectivity index (χ2v) is 10.2. The first kappa shape index (κ1) is 19.2. The standard InChI is InChI=1S/C21H18ClNO3S2/c1-3-13-6-4-5-7-17(13)23(2)21(24)18-10-14-12-28(25,26)19-11-15(22)8-9-16(19)20(14)27-18/h4-11H,3,12H2,1-2H3. The number of para-hydroxylation sites is 1. The number of hydrogen-bond acceptors (Lipinski definition) is 4. The van der Waals surface area contributed by atoms with E-state index in [4.69, 9.17) is 11.6 Å². The number of thiophene rings is 1. The summed E-state index contributed by atoms with van der Waals surface area (Å²) >= 11 is 7.33. The average Bonchev–Trinajstić information content (AvgIpc) is 3.10. The van der Waals surface area contributed by atoms with E-state index in [0.29, 0.717) is 21.0 Å². The summed E-state index contributed by atoms with van der Waals surface area (Å²) in [6.07, 6.45) is 0.821. The zero-order valence-electron chi connectivity index (χ0n) is 15.4. The van der Waals surface area contributed by atoms with Crippen LogP contribution in [0.4, 0.5) is 5.69 Å². The number of rotatable bonds is 3. The molecule has 3 aromatic rings. The number of anilines is 1. The maximum Gasteiger partial charge on any atom is 0.268 e. The van der Waals surface area contributed by atoms with Crippen molar-refractivity contribution in [2.24, 2.45) is 0 Å². The van der Waals surface area contributed by atoms with Gasteiger partial charge in [-0.1, -0.05) is 42.8 Å². The number of carbonyl (C=O) groups excluding carboxylic acids is 1. The van der Waals surface area contributed by atoms with E-state index in [1.54, 1.807) is 30.1 Å². The van der Waals surface area contributed by atoms with Gasteiger partial charge in [-0.3, -0.25) is 4.79 Å². The highest BCUT2D eigenvalue weighted by Gasteiger charge is 2.31. The van der Waals surface area contributed by atoms with E-state index in [-0.39, 0.29) is 16.6 Å². The molecule has 0 atom stereocenters. The van der Waals surface area contributed by atoms with Crippen molar-refractivity contribution < 1.29 is 13.2 Å². The summed E-state index contributed by atoms with van der Waals surface area (Å²) in [6.45, 7) is 2.05. The van der Waals surface area contributed by atoms with Gasteiger partial charge in [-0.2, -0.15) is 0 Å². The molecule has 4 nitrogen and oxygen atoms in total. The summed E-state index contributed by atoms with van der Waals surface area (Å²) in [5.41, 5.74) is 3.23. The lowest BCUT2D eigenvalue weighted by molar-refractivity contribution is 0.0996. The van der Waals surface area contributed by atoms with E-state index in [1.165, 1.54) is 17.4 Å².